The minimum absolute atomic E-state index is 0.251. The third-order valence-electron chi connectivity index (χ3n) is 4.75. The van der Waals surface area contributed by atoms with Gasteiger partial charge in [-0.05, 0) is 51.2 Å². The third kappa shape index (κ3) is 1.90. The Morgan fingerprint density at radius 2 is 2.28 bits per heavy atom. The van der Waals surface area contributed by atoms with E-state index < -0.39 is 0 Å². The van der Waals surface area contributed by atoms with Crippen molar-refractivity contribution in [2.75, 3.05) is 13.2 Å². The molecule has 2 heterocycles. The zero-order valence-electron chi connectivity index (χ0n) is 11.5. The molecule has 0 bridgehead atoms. The molecule has 1 aromatic heterocycles. The largest absolute Gasteiger partial charge is 0.381 e. The molecular weight excluding hydrogens is 224 g/mol. The highest BCUT2D eigenvalue weighted by Gasteiger charge is 2.29. The molecule has 1 fully saturated rings. The Bertz CT molecular complexity index is 432. The number of aryl methyl sites for hydroxylation is 1. The fourth-order valence-corrected chi connectivity index (χ4v) is 3.67. The summed E-state index contributed by atoms with van der Waals surface area (Å²) in [5.41, 5.74) is 10.5. The molecule has 1 aromatic rings. The SMILES string of the molecule is Cc1cc2c(n1C(C)C1CCOC1)CCCC2N. The predicted octanol–water partition coefficient (Wildman–Crippen LogP) is 2.73. The van der Waals surface area contributed by atoms with Crippen LogP contribution >= 0.6 is 0 Å². The minimum atomic E-state index is 0.251. The lowest BCUT2D eigenvalue weighted by atomic mass is 9.92. The highest BCUT2D eigenvalue weighted by Crippen LogP contribution is 2.36. The molecule has 0 aromatic carbocycles. The van der Waals surface area contributed by atoms with E-state index in [0.29, 0.717) is 12.0 Å². The van der Waals surface area contributed by atoms with E-state index in [9.17, 15) is 0 Å². The normalized spacial score (nSPS) is 29.3. The van der Waals surface area contributed by atoms with E-state index in [1.165, 1.54) is 36.2 Å². The maximum Gasteiger partial charge on any atom is 0.0514 e. The van der Waals surface area contributed by atoms with Crippen molar-refractivity contribution in [2.24, 2.45) is 11.7 Å². The van der Waals surface area contributed by atoms with Crippen molar-refractivity contribution in [3.05, 3.63) is 23.0 Å². The van der Waals surface area contributed by atoms with Crippen LogP contribution in [0.3, 0.4) is 0 Å². The second kappa shape index (κ2) is 4.71. The summed E-state index contributed by atoms with van der Waals surface area (Å²) in [5, 5.41) is 0. The van der Waals surface area contributed by atoms with Gasteiger partial charge < -0.3 is 15.0 Å². The molecule has 2 aliphatic rings. The van der Waals surface area contributed by atoms with Gasteiger partial charge in [0.2, 0.25) is 0 Å². The Kier molecular flexibility index (Phi) is 3.20. The van der Waals surface area contributed by atoms with Crippen LogP contribution in [-0.2, 0) is 11.2 Å². The summed E-state index contributed by atoms with van der Waals surface area (Å²) in [6.45, 7) is 6.40. The summed E-state index contributed by atoms with van der Waals surface area (Å²) in [4.78, 5) is 0. The lowest BCUT2D eigenvalue weighted by Crippen LogP contribution is -2.23. The second-order valence-corrected chi connectivity index (χ2v) is 5.92. The first-order chi connectivity index (χ1) is 8.68. The van der Waals surface area contributed by atoms with Gasteiger partial charge >= 0.3 is 0 Å². The van der Waals surface area contributed by atoms with E-state index in [1.54, 1.807) is 0 Å². The number of nitrogens with two attached hydrogens (primary N) is 1. The lowest BCUT2D eigenvalue weighted by Gasteiger charge is -2.27. The van der Waals surface area contributed by atoms with Crippen molar-refractivity contribution in [3.8, 4) is 0 Å². The molecule has 3 unspecified atom stereocenters. The van der Waals surface area contributed by atoms with Gasteiger partial charge in [0.15, 0.2) is 0 Å². The summed E-state index contributed by atoms with van der Waals surface area (Å²) in [6.07, 6.45) is 4.75. The smallest absolute Gasteiger partial charge is 0.0514 e. The van der Waals surface area contributed by atoms with Crippen LogP contribution < -0.4 is 5.73 Å². The van der Waals surface area contributed by atoms with Gasteiger partial charge in [-0.3, -0.25) is 0 Å². The summed E-state index contributed by atoms with van der Waals surface area (Å²) in [5.74, 6) is 0.665. The lowest BCUT2D eigenvalue weighted by molar-refractivity contribution is 0.174. The molecule has 3 nitrogen and oxygen atoms in total. The molecule has 2 N–H and O–H groups in total. The van der Waals surface area contributed by atoms with Crippen LogP contribution in [-0.4, -0.2) is 17.8 Å². The minimum Gasteiger partial charge on any atom is -0.381 e. The van der Waals surface area contributed by atoms with E-state index in [1.807, 2.05) is 0 Å². The van der Waals surface area contributed by atoms with Gasteiger partial charge in [0.25, 0.3) is 0 Å². The molecule has 18 heavy (non-hydrogen) atoms. The first kappa shape index (κ1) is 12.2. The standard InChI is InChI=1S/C15H24N2O/c1-10-8-13-14(16)4-3-5-15(13)17(10)11(2)12-6-7-18-9-12/h8,11-12,14H,3-7,9,16H2,1-2H3. The van der Waals surface area contributed by atoms with Crippen LogP contribution in [0.4, 0.5) is 0 Å². The zero-order valence-corrected chi connectivity index (χ0v) is 11.5. The Morgan fingerprint density at radius 1 is 1.44 bits per heavy atom. The van der Waals surface area contributed by atoms with E-state index in [4.69, 9.17) is 10.5 Å². The number of rotatable bonds is 2. The average molecular weight is 248 g/mol. The summed E-state index contributed by atoms with van der Waals surface area (Å²) in [7, 11) is 0. The third-order valence-corrected chi connectivity index (χ3v) is 4.75. The van der Waals surface area contributed by atoms with Crippen molar-refractivity contribution in [2.45, 2.75) is 51.6 Å². The van der Waals surface area contributed by atoms with Crippen molar-refractivity contribution >= 4 is 0 Å². The zero-order chi connectivity index (χ0) is 12.7. The Labute approximate surface area is 109 Å². The monoisotopic (exact) mass is 248 g/mol. The average Bonchev–Trinajstić information content (AvgIpc) is 2.96. The Balaban J connectivity index is 1.95. The quantitative estimate of drug-likeness (QED) is 0.874. The molecule has 3 rings (SSSR count). The second-order valence-electron chi connectivity index (χ2n) is 5.92. The van der Waals surface area contributed by atoms with E-state index in [-0.39, 0.29) is 6.04 Å². The molecule has 1 saturated heterocycles. The number of aromatic nitrogens is 1. The Hall–Kier alpha value is -0.800. The maximum absolute atomic E-state index is 6.24. The molecule has 0 amide bonds. The van der Waals surface area contributed by atoms with Gasteiger partial charge in [-0.2, -0.15) is 0 Å². The van der Waals surface area contributed by atoms with Crippen LogP contribution in [0.2, 0.25) is 0 Å². The molecule has 0 saturated carbocycles. The van der Waals surface area contributed by atoms with Gasteiger partial charge in [-0.25, -0.2) is 0 Å². The van der Waals surface area contributed by atoms with Gasteiger partial charge in [-0.1, -0.05) is 0 Å². The van der Waals surface area contributed by atoms with Crippen LogP contribution in [0.25, 0.3) is 0 Å². The van der Waals surface area contributed by atoms with Crippen LogP contribution in [0, 0.1) is 12.8 Å². The number of hydrogen-bond acceptors (Lipinski definition) is 2. The van der Waals surface area contributed by atoms with E-state index in [2.05, 4.69) is 24.5 Å². The fraction of sp³-hybridized carbons (Fsp3) is 0.733. The molecule has 100 valence electrons. The van der Waals surface area contributed by atoms with Gasteiger partial charge in [0.1, 0.15) is 0 Å². The number of hydrogen-bond donors (Lipinski definition) is 1. The Morgan fingerprint density at radius 3 is 3.00 bits per heavy atom. The summed E-state index contributed by atoms with van der Waals surface area (Å²) >= 11 is 0. The predicted molar refractivity (Wildman–Crippen MR) is 72.7 cm³/mol. The fourth-order valence-electron chi connectivity index (χ4n) is 3.67. The van der Waals surface area contributed by atoms with Crippen molar-refractivity contribution in [1.29, 1.82) is 0 Å². The molecule has 1 aliphatic carbocycles. The highest BCUT2D eigenvalue weighted by molar-refractivity contribution is 5.33. The number of nitrogens with zero attached hydrogens (tertiary/aromatic N) is 1. The molecule has 3 atom stereocenters. The number of ether oxygens (including phenoxy) is 1. The van der Waals surface area contributed by atoms with Crippen LogP contribution in [0.5, 0.6) is 0 Å². The summed E-state index contributed by atoms with van der Waals surface area (Å²) in [6, 6.07) is 3.10. The molecule has 0 spiro atoms. The van der Waals surface area contributed by atoms with Crippen molar-refractivity contribution in [1.82, 2.24) is 4.57 Å². The van der Waals surface area contributed by atoms with E-state index in [0.717, 1.165) is 19.6 Å². The topological polar surface area (TPSA) is 40.2 Å². The van der Waals surface area contributed by atoms with Gasteiger partial charge in [-0.15, -0.1) is 0 Å². The van der Waals surface area contributed by atoms with Crippen molar-refractivity contribution < 1.29 is 4.74 Å². The van der Waals surface area contributed by atoms with E-state index >= 15 is 0 Å². The van der Waals surface area contributed by atoms with Gasteiger partial charge in [0.05, 0.1) is 6.61 Å². The maximum atomic E-state index is 6.24. The van der Waals surface area contributed by atoms with Crippen LogP contribution in [0.15, 0.2) is 6.07 Å². The highest BCUT2D eigenvalue weighted by atomic mass is 16.5. The number of fused-ring (bicyclic) bond motifs is 1. The summed E-state index contributed by atoms with van der Waals surface area (Å²) < 4.78 is 8.08. The molecule has 1 aliphatic heterocycles. The van der Waals surface area contributed by atoms with Crippen LogP contribution in [0.1, 0.15) is 55.2 Å². The van der Waals surface area contributed by atoms with Crippen molar-refractivity contribution in [3.63, 3.8) is 0 Å². The van der Waals surface area contributed by atoms with Gasteiger partial charge in [0, 0.05) is 36.0 Å². The molecule has 3 heteroatoms. The molecular formula is C15H24N2O. The first-order valence-corrected chi connectivity index (χ1v) is 7.22. The molecule has 0 radical (unpaired) electrons. The first-order valence-electron chi connectivity index (χ1n) is 7.22.